The van der Waals surface area contributed by atoms with Crippen LogP contribution in [0.3, 0.4) is 0 Å². The van der Waals surface area contributed by atoms with Crippen molar-refractivity contribution in [3.63, 3.8) is 0 Å². The minimum absolute atomic E-state index is 0.00917. The third-order valence-electron chi connectivity index (χ3n) is 4.85. The second kappa shape index (κ2) is 12.7. The Hall–Kier alpha value is -2.06. The second-order valence-electron chi connectivity index (χ2n) is 7.35. The van der Waals surface area contributed by atoms with Crippen molar-refractivity contribution in [3.8, 4) is 0 Å². The first-order chi connectivity index (χ1) is 15.1. The van der Waals surface area contributed by atoms with Gasteiger partial charge in [0.05, 0.1) is 19.0 Å². The quantitative estimate of drug-likeness (QED) is 0.566. The van der Waals surface area contributed by atoms with Crippen molar-refractivity contribution in [2.75, 3.05) is 43.9 Å². The van der Waals surface area contributed by atoms with Crippen molar-refractivity contribution in [1.29, 1.82) is 0 Å². The lowest BCUT2D eigenvalue weighted by molar-refractivity contribution is -0.119. The van der Waals surface area contributed by atoms with Crippen LogP contribution in [0.2, 0.25) is 5.02 Å². The molecular formula is C23H28ClN3O3S. The van der Waals surface area contributed by atoms with Crippen LogP contribution in [0.5, 0.6) is 0 Å². The van der Waals surface area contributed by atoms with Crippen LogP contribution in [0.4, 0.5) is 5.69 Å². The Labute approximate surface area is 192 Å². The van der Waals surface area contributed by atoms with Gasteiger partial charge in [0.25, 0.3) is 0 Å². The van der Waals surface area contributed by atoms with Gasteiger partial charge < -0.3 is 15.4 Å². The van der Waals surface area contributed by atoms with Crippen LogP contribution in [0.1, 0.15) is 17.5 Å². The Morgan fingerprint density at radius 1 is 1.03 bits per heavy atom. The molecule has 1 fully saturated rings. The number of anilines is 1. The molecule has 0 aromatic heterocycles. The molecule has 1 heterocycles. The third-order valence-corrected chi connectivity index (χ3v) is 6.09. The predicted molar refractivity (Wildman–Crippen MR) is 126 cm³/mol. The molecule has 3 rings (SSSR count). The van der Waals surface area contributed by atoms with Gasteiger partial charge >= 0.3 is 0 Å². The average Bonchev–Trinajstić information content (AvgIpc) is 2.77. The molecule has 0 aliphatic carbocycles. The zero-order chi connectivity index (χ0) is 21.9. The summed E-state index contributed by atoms with van der Waals surface area (Å²) in [4.78, 5) is 26.6. The smallest absolute Gasteiger partial charge is 0.230 e. The first kappa shape index (κ1) is 23.6. The summed E-state index contributed by atoms with van der Waals surface area (Å²) in [5, 5.41) is 6.57. The molecule has 0 unspecified atom stereocenters. The predicted octanol–water partition coefficient (Wildman–Crippen LogP) is 3.55. The van der Waals surface area contributed by atoms with Crippen LogP contribution in [-0.4, -0.2) is 55.3 Å². The van der Waals surface area contributed by atoms with E-state index in [4.69, 9.17) is 16.3 Å². The molecular weight excluding hydrogens is 434 g/mol. The lowest BCUT2D eigenvalue weighted by atomic mass is 10.2. The maximum Gasteiger partial charge on any atom is 0.230 e. The molecule has 2 aromatic carbocycles. The van der Waals surface area contributed by atoms with Crippen molar-refractivity contribution in [2.24, 2.45) is 0 Å². The molecule has 0 spiro atoms. The zero-order valence-electron chi connectivity index (χ0n) is 17.4. The van der Waals surface area contributed by atoms with Gasteiger partial charge in [0.15, 0.2) is 0 Å². The summed E-state index contributed by atoms with van der Waals surface area (Å²) < 4.78 is 5.32. The van der Waals surface area contributed by atoms with E-state index < -0.39 is 0 Å². The molecule has 1 aliphatic heterocycles. The SMILES string of the molecule is O=C(CSCc1cccc(Cl)c1)NCc1cccc(NC(=O)CCN2CCOCC2)c1. The van der Waals surface area contributed by atoms with Gasteiger partial charge in [-0.1, -0.05) is 35.9 Å². The number of nitrogens with one attached hydrogen (secondary N) is 2. The largest absolute Gasteiger partial charge is 0.379 e. The molecule has 8 heteroatoms. The molecule has 1 saturated heterocycles. The number of benzene rings is 2. The van der Waals surface area contributed by atoms with Gasteiger partial charge in [-0.25, -0.2) is 0 Å². The maximum absolute atomic E-state index is 12.2. The standard InChI is InChI=1S/C23H28ClN3O3S/c24-20-5-1-4-19(13-20)16-31-17-23(29)25-15-18-3-2-6-21(14-18)26-22(28)7-8-27-9-11-30-12-10-27/h1-6,13-14H,7-12,15-17H2,(H,25,29)(H,26,28). The van der Waals surface area contributed by atoms with Crippen LogP contribution in [-0.2, 0) is 26.6 Å². The highest BCUT2D eigenvalue weighted by molar-refractivity contribution is 7.99. The van der Waals surface area contributed by atoms with Crippen LogP contribution < -0.4 is 10.6 Å². The number of thioether (sulfide) groups is 1. The van der Waals surface area contributed by atoms with E-state index in [0.29, 0.717) is 23.7 Å². The highest BCUT2D eigenvalue weighted by Gasteiger charge is 2.12. The molecule has 0 radical (unpaired) electrons. The molecule has 0 bridgehead atoms. The van der Waals surface area contributed by atoms with Gasteiger partial charge in [-0.3, -0.25) is 14.5 Å². The van der Waals surface area contributed by atoms with E-state index in [1.165, 1.54) is 0 Å². The van der Waals surface area contributed by atoms with Gasteiger partial charge in [0.1, 0.15) is 0 Å². The Balaban J connectivity index is 1.36. The summed E-state index contributed by atoms with van der Waals surface area (Å²) in [6.07, 6.45) is 0.449. The van der Waals surface area contributed by atoms with Crippen LogP contribution >= 0.6 is 23.4 Å². The Bertz CT molecular complexity index is 875. The molecule has 1 aliphatic rings. The van der Waals surface area contributed by atoms with Gasteiger partial charge in [0, 0.05) is 49.1 Å². The number of carbonyl (C=O) groups is 2. The number of amides is 2. The van der Waals surface area contributed by atoms with Crippen LogP contribution in [0, 0.1) is 0 Å². The fraction of sp³-hybridized carbons (Fsp3) is 0.391. The normalized spacial score (nSPS) is 14.2. The van der Waals surface area contributed by atoms with Crippen molar-refractivity contribution >= 4 is 40.9 Å². The lowest BCUT2D eigenvalue weighted by Gasteiger charge is -2.26. The molecule has 2 amide bonds. The summed E-state index contributed by atoms with van der Waals surface area (Å²) in [6, 6.07) is 15.2. The molecule has 6 nitrogen and oxygen atoms in total. The summed E-state index contributed by atoms with van der Waals surface area (Å²) in [5.41, 5.74) is 2.79. The van der Waals surface area contributed by atoms with Crippen molar-refractivity contribution in [1.82, 2.24) is 10.2 Å². The van der Waals surface area contributed by atoms with Crippen molar-refractivity contribution < 1.29 is 14.3 Å². The topological polar surface area (TPSA) is 70.7 Å². The number of morpholine rings is 1. The van der Waals surface area contributed by atoms with Crippen molar-refractivity contribution in [2.45, 2.75) is 18.7 Å². The summed E-state index contributed by atoms with van der Waals surface area (Å²) in [5.74, 6) is 1.09. The molecule has 2 aromatic rings. The van der Waals surface area contributed by atoms with Gasteiger partial charge in [-0.05, 0) is 35.4 Å². The highest BCUT2D eigenvalue weighted by atomic mass is 35.5. The molecule has 0 atom stereocenters. The van der Waals surface area contributed by atoms with Crippen molar-refractivity contribution in [3.05, 3.63) is 64.7 Å². The molecule has 2 N–H and O–H groups in total. The van der Waals surface area contributed by atoms with Crippen LogP contribution in [0.25, 0.3) is 0 Å². The number of carbonyl (C=O) groups excluding carboxylic acids is 2. The summed E-state index contributed by atoms with van der Waals surface area (Å²) in [7, 11) is 0. The fourth-order valence-corrected chi connectivity index (χ4v) is 4.22. The lowest BCUT2D eigenvalue weighted by Crippen LogP contribution is -2.38. The highest BCUT2D eigenvalue weighted by Crippen LogP contribution is 2.16. The molecule has 0 saturated carbocycles. The second-order valence-corrected chi connectivity index (χ2v) is 8.77. The van der Waals surface area contributed by atoms with E-state index in [0.717, 1.165) is 55.4 Å². The number of hydrogen-bond acceptors (Lipinski definition) is 5. The number of halogens is 1. The molecule has 31 heavy (non-hydrogen) atoms. The minimum atomic E-state index is -0.0213. The van der Waals surface area contributed by atoms with Gasteiger partial charge in [0.2, 0.25) is 11.8 Å². The van der Waals surface area contributed by atoms with Gasteiger partial charge in [-0.2, -0.15) is 0 Å². The third kappa shape index (κ3) is 8.91. The van der Waals surface area contributed by atoms with E-state index >= 15 is 0 Å². The summed E-state index contributed by atoms with van der Waals surface area (Å²) >= 11 is 7.53. The van der Waals surface area contributed by atoms with E-state index in [-0.39, 0.29) is 11.8 Å². The van der Waals surface area contributed by atoms with Crippen LogP contribution in [0.15, 0.2) is 48.5 Å². The average molecular weight is 462 g/mol. The number of nitrogens with zero attached hydrogens (tertiary/aromatic N) is 1. The summed E-state index contributed by atoms with van der Waals surface area (Å²) in [6.45, 7) is 4.37. The van der Waals surface area contributed by atoms with E-state index in [9.17, 15) is 9.59 Å². The van der Waals surface area contributed by atoms with E-state index in [1.807, 2.05) is 48.5 Å². The Morgan fingerprint density at radius 2 is 1.81 bits per heavy atom. The minimum Gasteiger partial charge on any atom is -0.379 e. The fourth-order valence-electron chi connectivity index (χ4n) is 3.21. The van der Waals surface area contributed by atoms with E-state index in [2.05, 4.69) is 15.5 Å². The zero-order valence-corrected chi connectivity index (χ0v) is 19.0. The number of hydrogen-bond donors (Lipinski definition) is 2. The monoisotopic (exact) mass is 461 g/mol. The molecule has 166 valence electrons. The number of rotatable bonds is 10. The first-order valence-electron chi connectivity index (χ1n) is 10.4. The number of ether oxygens (including phenoxy) is 1. The van der Waals surface area contributed by atoms with Gasteiger partial charge in [-0.15, -0.1) is 11.8 Å². The van der Waals surface area contributed by atoms with E-state index in [1.54, 1.807) is 11.8 Å². The Morgan fingerprint density at radius 3 is 2.61 bits per heavy atom. The Kier molecular flexibility index (Phi) is 9.68. The first-order valence-corrected chi connectivity index (χ1v) is 11.9. The maximum atomic E-state index is 12.2.